The zero-order valence-electron chi connectivity index (χ0n) is 29.1. The highest BCUT2D eigenvalue weighted by molar-refractivity contribution is 7.99. The minimum absolute atomic E-state index is 0.0191. The lowest BCUT2D eigenvalue weighted by Crippen LogP contribution is -2.09. The van der Waals surface area contributed by atoms with Crippen molar-refractivity contribution in [1.82, 2.24) is 0 Å². The van der Waals surface area contributed by atoms with Crippen molar-refractivity contribution in [2.45, 2.75) is 46.5 Å². The van der Waals surface area contributed by atoms with Crippen LogP contribution in [0.25, 0.3) is 0 Å². The van der Waals surface area contributed by atoms with E-state index in [1.54, 1.807) is 55.9 Å². The van der Waals surface area contributed by atoms with E-state index in [0.29, 0.717) is 60.4 Å². The Morgan fingerprint density at radius 3 is 1.67 bits per heavy atom. The molecule has 0 aliphatic heterocycles. The number of benzene rings is 6. The summed E-state index contributed by atoms with van der Waals surface area (Å²) in [6.07, 6.45) is 0. The van der Waals surface area contributed by atoms with Crippen LogP contribution in [0.4, 0.5) is 17.1 Å². The summed E-state index contributed by atoms with van der Waals surface area (Å²) in [4.78, 5) is 2.42. The van der Waals surface area contributed by atoms with Gasteiger partial charge in [-0.25, -0.2) is 8.42 Å². The molecule has 0 aromatic heterocycles. The van der Waals surface area contributed by atoms with Crippen molar-refractivity contribution in [3.8, 4) is 11.5 Å². The maximum absolute atomic E-state index is 13.0. The second kappa shape index (κ2) is 18.5. The Morgan fingerprint density at radius 1 is 0.636 bits per heavy atom. The summed E-state index contributed by atoms with van der Waals surface area (Å²) < 4.78 is 26.1. The lowest BCUT2D eigenvalue weighted by molar-refractivity contribution is 0.476. The second-order valence-corrected chi connectivity index (χ2v) is 17.6. The molecule has 0 spiro atoms. The number of sulfone groups is 1. The fourth-order valence-corrected chi connectivity index (χ4v) is 8.76. The normalized spacial score (nSPS) is 11.1. The average Bonchev–Trinajstić information content (AvgIpc) is 3.17. The van der Waals surface area contributed by atoms with E-state index in [1.807, 2.05) is 42.5 Å². The number of halogens is 6. The predicted octanol–water partition coefficient (Wildman–Crippen LogP) is 13.1. The number of anilines is 3. The molecule has 286 valence electrons. The molecule has 55 heavy (non-hydrogen) atoms. The Balaban J connectivity index is 0.000000211. The van der Waals surface area contributed by atoms with Gasteiger partial charge in [0.2, 0.25) is 9.84 Å². The van der Waals surface area contributed by atoms with E-state index >= 15 is 0 Å². The van der Waals surface area contributed by atoms with Crippen LogP contribution in [0.3, 0.4) is 0 Å². The van der Waals surface area contributed by atoms with Crippen LogP contribution in [0.5, 0.6) is 11.5 Å². The van der Waals surface area contributed by atoms with Crippen molar-refractivity contribution < 1.29 is 18.6 Å². The van der Waals surface area contributed by atoms with E-state index < -0.39 is 9.84 Å². The Hall–Kier alpha value is -3.64. The van der Waals surface area contributed by atoms with Crippen LogP contribution in [0.15, 0.2) is 123 Å². The van der Waals surface area contributed by atoms with E-state index in [4.69, 9.17) is 75.3 Å². The van der Waals surface area contributed by atoms with E-state index in [2.05, 4.69) is 10.6 Å². The van der Waals surface area contributed by atoms with Crippen molar-refractivity contribution in [3.63, 3.8) is 0 Å². The van der Waals surface area contributed by atoms with Gasteiger partial charge in [-0.2, -0.15) is 0 Å². The Labute approximate surface area is 354 Å². The summed E-state index contributed by atoms with van der Waals surface area (Å²) in [5, 5.41) is 29.1. The molecule has 6 N–H and O–H groups in total. The molecule has 0 fully saturated rings. The van der Waals surface area contributed by atoms with Crippen molar-refractivity contribution in [2.24, 2.45) is 0 Å². The molecule has 0 amide bonds. The highest BCUT2D eigenvalue weighted by Crippen LogP contribution is 2.41. The van der Waals surface area contributed by atoms with Gasteiger partial charge in [0.15, 0.2) is 11.5 Å². The first-order chi connectivity index (χ1) is 26.1. The second-order valence-electron chi connectivity index (χ2n) is 12.1. The van der Waals surface area contributed by atoms with E-state index in [0.717, 1.165) is 15.4 Å². The summed E-state index contributed by atoms with van der Waals surface area (Å²) in [6, 6.07) is 29.2. The molecule has 6 rings (SSSR count). The monoisotopic (exact) mass is 893 g/mol. The molecule has 0 radical (unpaired) electrons. The molecule has 0 bridgehead atoms. The molecule has 7 nitrogen and oxygen atoms in total. The van der Waals surface area contributed by atoms with Gasteiger partial charge in [0.05, 0.1) is 31.2 Å². The topological polar surface area (TPSA) is 125 Å². The number of nitrogens with one attached hydrogen (secondary N) is 2. The van der Waals surface area contributed by atoms with Crippen LogP contribution in [0.2, 0.25) is 30.1 Å². The Morgan fingerprint density at radius 2 is 1.13 bits per heavy atom. The van der Waals surface area contributed by atoms with E-state index in [9.17, 15) is 18.6 Å². The first kappa shape index (κ1) is 42.5. The average molecular weight is 897 g/mol. The lowest BCUT2D eigenvalue weighted by atomic mass is 10.1. The van der Waals surface area contributed by atoms with Gasteiger partial charge < -0.3 is 26.6 Å². The van der Waals surface area contributed by atoms with Crippen LogP contribution in [0.1, 0.15) is 22.3 Å². The smallest absolute Gasteiger partial charge is 0.206 e. The molecule has 15 heteroatoms. The third kappa shape index (κ3) is 10.4. The number of hydrogen-bond donors (Lipinski definition) is 5. The predicted molar refractivity (Wildman–Crippen MR) is 230 cm³/mol. The van der Waals surface area contributed by atoms with Gasteiger partial charge >= 0.3 is 0 Å². The largest absolute Gasteiger partial charge is 0.504 e. The fourth-order valence-electron chi connectivity index (χ4n) is 5.18. The van der Waals surface area contributed by atoms with Gasteiger partial charge in [-0.3, -0.25) is 0 Å². The van der Waals surface area contributed by atoms with Crippen molar-refractivity contribution >= 4 is 108 Å². The maximum Gasteiger partial charge on any atom is 0.206 e. The molecular weight excluding hydrogens is 863 g/mol. The van der Waals surface area contributed by atoms with Gasteiger partial charge in [-0.05, 0) is 121 Å². The molecule has 0 saturated heterocycles. The third-order valence-electron chi connectivity index (χ3n) is 8.29. The van der Waals surface area contributed by atoms with Crippen molar-refractivity contribution in [3.05, 3.63) is 156 Å². The van der Waals surface area contributed by atoms with Crippen LogP contribution in [-0.4, -0.2) is 18.6 Å². The zero-order chi connectivity index (χ0) is 40.0. The molecule has 0 aliphatic rings. The summed E-state index contributed by atoms with van der Waals surface area (Å²) >= 11 is 38.0. The molecule has 0 atom stereocenters. The van der Waals surface area contributed by atoms with Gasteiger partial charge in [0.25, 0.3) is 0 Å². The van der Waals surface area contributed by atoms with Gasteiger partial charge in [-0.15, -0.1) is 0 Å². The summed E-state index contributed by atoms with van der Waals surface area (Å²) in [5.41, 5.74) is 10.1. The molecule has 0 unspecified atom stereocenters. The Bertz CT molecular complexity index is 2450. The molecule has 6 aromatic rings. The summed E-state index contributed by atoms with van der Waals surface area (Å²) in [5.74, 6) is -0.156. The van der Waals surface area contributed by atoms with Crippen LogP contribution in [-0.2, 0) is 22.9 Å². The highest BCUT2D eigenvalue weighted by Gasteiger charge is 2.22. The number of phenols is 2. The van der Waals surface area contributed by atoms with Crippen molar-refractivity contribution in [1.29, 1.82) is 0 Å². The van der Waals surface area contributed by atoms with Crippen LogP contribution >= 0.6 is 81.4 Å². The molecule has 0 heterocycles. The quantitative estimate of drug-likeness (QED) is 0.0680. The molecule has 0 saturated carbocycles. The van der Waals surface area contributed by atoms with E-state index in [-0.39, 0.29) is 37.9 Å². The van der Waals surface area contributed by atoms with Crippen molar-refractivity contribution in [2.75, 3.05) is 16.4 Å². The number of hydrogen-bond acceptors (Lipinski definition) is 8. The fraction of sp³-hybridized carbons (Fsp3) is 0.100. The molecular formula is C40H33Cl6N3O4S2. The number of phenolic OH excluding ortho intramolecular Hbond substituents is 2. The highest BCUT2D eigenvalue weighted by atomic mass is 35.5. The number of rotatable bonds is 10. The maximum atomic E-state index is 13.0. The van der Waals surface area contributed by atoms with Gasteiger partial charge in [0, 0.05) is 48.7 Å². The minimum atomic E-state index is -3.74. The lowest BCUT2D eigenvalue weighted by Gasteiger charge is -2.15. The van der Waals surface area contributed by atoms with Crippen LogP contribution < -0.4 is 16.4 Å². The number of nitrogens with two attached hydrogens (primary N) is 1. The third-order valence-corrected chi connectivity index (χ3v) is 13.5. The van der Waals surface area contributed by atoms with Crippen LogP contribution in [0, 0.1) is 13.8 Å². The van der Waals surface area contributed by atoms with Gasteiger partial charge in [-0.1, -0.05) is 99.6 Å². The first-order valence-electron chi connectivity index (χ1n) is 16.3. The van der Waals surface area contributed by atoms with E-state index in [1.165, 1.54) is 30.3 Å². The molecule has 0 aliphatic carbocycles. The van der Waals surface area contributed by atoms with Gasteiger partial charge in [0.1, 0.15) is 0 Å². The Kier molecular flexibility index (Phi) is 14.3. The number of aromatic hydroxyl groups is 2. The SMILES string of the molecule is Cc1c(Cl)cc(NCc2cc(N)ccc2Sc2ccc(Cl)cc2)c(O)c1Cl.Cc1c(Cl)cc(NCc2ccccc2S(=O)(=O)c2ccc(Cl)cc2)c(O)c1Cl. The molecule has 6 aromatic carbocycles. The standard InChI is InChI=1S/C20H17Cl3N2OS.C20H16Cl3NO3S/c1-11-16(22)9-17(20(26)19(11)23)25-10-12-8-14(24)4-7-18(12)27-15-5-2-13(21)3-6-15;1-12-16(22)10-17(20(25)19(12)23)24-11-13-4-2-3-5-18(13)28(26,27)15-8-6-14(21)7-9-15/h2-9,25-26H,10,24H2,1H3;2-10,24-25H,11H2,1H3. The summed E-state index contributed by atoms with van der Waals surface area (Å²) in [6.45, 7) is 4.05. The summed E-state index contributed by atoms with van der Waals surface area (Å²) in [7, 11) is -3.74. The first-order valence-corrected chi connectivity index (χ1v) is 20.9. The zero-order valence-corrected chi connectivity index (χ0v) is 35.3. The minimum Gasteiger partial charge on any atom is -0.504 e. The number of nitrogen functional groups attached to an aromatic ring is 1.